The molecule has 0 fully saturated rings. The smallest absolute Gasteiger partial charge is 0.266 e. The molecular weight excluding hydrogens is 316 g/mol. The molecule has 0 spiro atoms. The molecule has 0 N–H and O–H groups in total. The first-order valence-corrected chi connectivity index (χ1v) is 7.20. The number of amides is 2. The lowest BCUT2D eigenvalue weighted by Gasteiger charge is -2.13. The SMILES string of the molecule is O=C1c2nnn(-c3ccc(Cl)cc3)c2C(=O)N1c1ccccc1. The molecule has 0 aliphatic carbocycles. The number of fused-ring (bicyclic) bond motifs is 1. The summed E-state index contributed by atoms with van der Waals surface area (Å²) in [5.74, 6) is -0.924. The van der Waals surface area contributed by atoms with Gasteiger partial charge in [0.25, 0.3) is 11.8 Å². The van der Waals surface area contributed by atoms with Crippen molar-refractivity contribution < 1.29 is 9.59 Å². The van der Waals surface area contributed by atoms with Gasteiger partial charge in [0, 0.05) is 5.02 Å². The maximum absolute atomic E-state index is 12.7. The van der Waals surface area contributed by atoms with Crippen LogP contribution in [0.4, 0.5) is 5.69 Å². The quantitative estimate of drug-likeness (QED) is 0.680. The van der Waals surface area contributed by atoms with Crippen molar-refractivity contribution in [2.45, 2.75) is 0 Å². The van der Waals surface area contributed by atoms with Crippen molar-refractivity contribution in [2.75, 3.05) is 4.90 Å². The Morgan fingerprint density at radius 2 is 1.52 bits per heavy atom. The zero-order valence-electron chi connectivity index (χ0n) is 11.7. The Morgan fingerprint density at radius 3 is 2.22 bits per heavy atom. The number of imide groups is 1. The van der Waals surface area contributed by atoms with Gasteiger partial charge in [-0.1, -0.05) is 35.0 Å². The van der Waals surface area contributed by atoms with Crippen molar-refractivity contribution >= 4 is 29.1 Å². The van der Waals surface area contributed by atoms with Gasteiger partial charge in [-0.3, -0.25) is 9.59 Å². The Morgan fingerprint density at radius 1 is 0.826 bits per heavy atom. The van der Waals surface area contributed by atoms with Gasteiger partial charge in [-0.05, 0) is 36.4 Å². The third-order valence-electron chi connectivity index (χ3n) is 3.57. The largest absolute Gasteiger partial charge is 0.288 e. The molecule has 2 heterocycles. The van der Waals surface area contributed by atoms with Gasteiger partial charge in [-0.25, -0.2) is 9.58 Å². The van der Waals surface area contributed by atoms with Gasteiger partial charge in [-0.15, -0.1) is 5.10 Å². The van der Waals surface area contributed by atoms with Crippen molar-refractivity contribution in [3.05, 3.63) is 71.0 Å². The molecule has 0 radical (unpaired) electrons. The topological polar surface area (TPSA) is 68.1 Å². The monoisotopic (exact) mass is 324 g/mol. The molecule has 23 heavy (non-hydrogen) atoms. The highest BCUT2D eigenvalue weighted by molar-refractivity contribution is 6.33. The average molecular weight is 325 g/mol. The summed E-state index contributed by atoms with van der Waals surface area (Å²) in [6.45, 7) is 0. The number of hydrogen-bond donors (Lipinski definition) is 0. The second-order valence-corrected chi connectivity index (χ2v) is 5.39. The van der Waals surface area contributed by atoms with E-state index < -0.39 is 11.8 Å². The first kappa shape index (κ1) is 13.7. The fourth-order valence-corrected chi connectivity index (χ4v) is 2.62. The number of halogens is 1. The molecule has 4 rings (SSSR count). The summed E-state index contributed by atoms with van der Waals surface area (Å²) in [4.78, 5) is 26.3. The average Bonchev–Trinajstić information content (AvgIpc) is 3.10. The number of nitrogens with zero attached hydrogens (tertiary/aromatic N) is 4. The van der Waals surface area contributed by atoms with Crippen LogP contribution in [0.3, 0.4) is 0 Å². The van der Waals surface area contributed by atoms with Crippen LogP contribution in [-0.4, -0.2) is 26.8 Å². The highest BCUT2D eigenvalue weighted by Gasteiger charge is 2.42. The summed E-state index contributed by atoms with van der Waals surface area (Å²) in [5.41, 5.74) is 1.32. The molecular formula is C16H9ClN4O2. The maximum atomic E-state index is 12.7. The standard InChI is InChI=1S/C16H9ClN4O2/c17-10-6-8-12(9-7-10)21-14-13(18-19-21)15(22)20(16(14)23)11-4-2-1-3-5-11/h1-9H. The van der Waals surface area contributed by atoms with Crippen LogP contribution < -0.4 is 4.90 Å². The van der Waals surface area contributed by atoms with E-state index in [1.807, 2.05) is 6.07 Å². The number of hydrogen-bond acceptors (Lipinski definition) is 4. The molecule has 112 valence electrons. The minimum Gasteiger partial charge on any atom is -0.266 e. The van der Waals surface area contributed by atoms with E-state index in [9.17, 15) is 9.59 Å². The maximum Gasteiger partial charge on any atom is 0.288 e. The molecule has 7 heteroatoms. The van der Waals surface area contributed by atoms with Crippen molar-refractivity contribution in [1.29, 1.82) is 0 Å². The van der Waals surface area contributed by atoms with Crippen molar-refractivity contribution in [3.63, 3.8) is 0 Å². The fourth-order valence-electron chi connectivity index (χ4n) is 2.50. The van der Waals surface area contributed by atoms with Crippen molar-refractivity contribution in [2.24, 2.45) is 0 Å². The number of anilines is 1. The second-order valence-electron chi connectivity index (χ2n) is 4.96. The van der Waals surface area contributed by atoms with Crippen molar-refractivity contribution in [1.82, 2.24) is 15.0 Å². The summed E-state index contributed by atoms with van der Waals surface area (Å²) < 4.78 is 1.36. The predicted molar refractivity (Wildman–Crippen MR) is 84.0 cm³/mol. The van der Waals surface area contributed by atoms with Crippen LogP contribution in [0.5, 0.6) is 0 Å². The lowest BCUT2D eigenvalue weighted by atomic mass is 10.3. The van der Waals surface area contributed by atoms with Gasteiger partial charge in [0.15, 0.2) is 11.4 Å². The zero-order chi connectivity index (χ0) is 16.0. The van der Waals surface area contributed by atoms with Crippen LogP contribution in [0.15, 0.2) is 54.6 Å². The van der Waals surface area contributed by atoms with Crippen LogP contribution in [0.25, 0.3) is 5.69 Å². The number of benzene rings is 2. The van der Waals surface area contributed by atoms with E-state index in [4.69, 9.17) is 11.6 Å². The summed E-state index contributed by atoms with van der Waals surface area (Å²) in [6.07, 6.45) is 0. The van der Waals surface area contributed by atoms with Gasteiger partial charge in [-0.2, -0.15) is 0 Å². The number of rotatable bonds is 2. The molecule has 0 saturated carbocycles. The number of carbonyl (C=O) groups is 2. The van der Waals surface area contributed by atoms with Gasteiger partial charge in [0.05, 0.1) is 11.4 Å². The zero-order valence-corrected chi connectivity index (χ0v) is 12.4. The Kier molecular flexibility index (Phi) is 2.99. The lowest BCUT2D eigenvalue weighted by molar-refractivity contribution is 0.0920. The summed E-state index contributed by atoms with van der Waals surface area (Å²) in [7, 11) is 0. The van der Waals surface area contributed by atoms with Crippen molar-refractivity contribution in [3.8, 4) is 5.69 Å². The van der Waals surface area contributed by atoms with Crippen LogP contribution in [0.1, 0.15) is 21.0 Å². The molecule has 1 aromatic heterocycles. The number of aromatic nitrogens is 3. The Bertz CT molecular complexity index is 919. The van der Waals surface area contributed by atoms with Gasteiger partial charge in [0.1, 0.15) is 0 Å². The summed E-state index contributed by atoms with van der Waals surface area (Å²) >= 11 is 5.87. The Hall–Kier alpha value is -2.99. The second kappa shape index (κ2) is 5.03. The molecule has 0 unspecified atom stereocenters. The molecule has 0 bridgehead atoms. The molecule has 2 amide bonds. The van der Waals surface area contributed by atoms with Crippen LogP contribution >= 0.6 is 11.6 Å². The van der Waals surface area contributed by atoms with E-state index in [-0.39, 0.29) is 11.4 Å². The third-order valence-corrected chi connectivity index (χ3v) is 3.82. The van der Waals surface area contributed by atoms with E-state index in [2.05, 4.69) is 10.3 Å². The molecule has 2 aromatic carbocycles. The first-order chi connectivity index (χ1) is 11.2. The van der Waals surface area contributed by atoms with Crippen LogP contribution in [0.2, 0.25) is 5.02 Å². The van der Waals surface area contributed by atoms with Crippen LogP contribution in [0, 0.1) is 0 Å². The van der Waals surface area contributed by atoms with E-state index in [1.54, 1.807) is 48.5 Å². The summed E-state index contributed by atoms with van der Waals surface area (Å²) in [5, 5.41) is 8.36. The normalized spacial score (nSPS) is 13.5. The lowest BCUT2D eigenvalue weighted by Crippen LogP contribution is -2.31. The molecule has 0 atom stereocenters. The van der Waals surface area contributed by atoms with Gasteiger partial charge < -0.3 is 0 Å². The fraction of sp³-hybridized carbons (Fsp3) is 0. The van der Waals surface area contributed by atoms with E-state index in [0.717, 1.165) is 4.90 Å². The van der Waals surface area contributed by atoms with Gasteiger partial charge >= 0.3 is 0 Å². The molecule has 3 aromatic rings. The van der Waals surface area contributed by atoms with Gasteiger partial charge in [0.2, 0.25) is 0 Å². The highest BCUT2D eigenvalue weighted by Crippen LogP contribution is 2.28. The first-order valence-electron chi connectivity index (χ1n) is 6.82. The molecule has 6 nitrogen and oxygen atoms in total. The minimum atomic E-state index is -0.476. The number of carbonyl (C=O) groups excluding carboxylic acids is 2. The molecule has 1 aliphatic heterocycles. The van der Waals surface area contributed by atoms with Crippen LogP contribution in [-0.2, 0) is 0 Å². The predicted octanol–water partition coefficient (Wildman–Crippen LogP) is 2.72. The Labute approximate surface area is 135 Å². The summed E-state index contributed by atoms with van der Waals surface area (Å²) in [6, 6.07) is 15.5. The molecule has 1 aliphatic rings. The van der Waals surface area contributed by atoms with E-state index in [1.165, 1.54) is 4.68 Å². The number of para-hydroxylation sites is 1. The van der Waals surface area contributed by atoms with E-state index in [0.29, 0.717) is 16.4 Å². The third kappa shape index (κ3) is 2.03. The highest BCUT2D eigenvalue weighted by atomic mass is 35.5. The molecule has 0 saturated heterocycles. The van der Waals surface area contributed by atoms with E-state index >= 15 is 0 Å². The Balaban J connectivity index is 1.82. The minimum absolute atomic E-state index is 0.0498.